The van der Waals surface area contributed by atoms with Crippen molar-refractivity contribution in [2.75, 3.05) is 17.2 Å². The van der Waals surface area contributed by atoms with Crippen molar-refractivity contribution in [1.82, 2.24) is 4.98 Å². The molecule has 25 heavy (non-hydrogen) atoms. The normalized spacial score (nSPS) is 10.8. The first kappa shape index (κ1) is 18.7. The lowest BCUT2D eigenvalue weighted by molar-refractivity contribution is 0.102. The van der Waals surface area contributed by atoms with Crippen molar-refractivity contribution in [3.05, 3.63) is 65.9 Å². The number of benzene rings is 1. The van der Waals surface area contributed by atoms with E-state index >= 15 is 0 Å². The van der Waals surface area contributed by atoms with Gasteiger partial charge in [0.15, 0.2) is 0 Å². The molecule has 0 fully saturated rings. The maximum Gasteiger partial charge on any atom is 0.257 e. The lowest BCUT2D eigenvalue weighted by atomic mass is 9.92. The van der Waals surface area contributed by atoms with Gasteiger partial charge >= 0.3 is 0 Å². The van der Waals surface area contributed by atoms with E-state index in [4.69, 9.17) is 0 Å². The van der Waals surface area contributed by atoms with Gasteiger partial charge in [-0.25, -0.2) is 4.98 Å². The fourth-order valence-corrected chi connectivity index (χ4v) is 2.69. The third kappa shape index (κ3) is 4.69. The summed E-state index contributed by atoms with van der Waals surface area (Å²) >= 11 is 0. The van der Waals surface area contributed by atoms with E-state index in [0.717, 1.165) is 22.6 Å². The van der Waals surface area contributed by atoms with Crippen molar-refractivity contribution in [2.45, 2.75) is 39.5 Å². The van der Waals surface area contributed by atoms with Gasteiger partial charge in [-0.15, -0.1) is 6.58 Å². The number of carbonyl (C=O) groups is 1. The van der Waals surface area contributed by atoms with E-state index < -0.39 is 0 Å². The Labute approximate surface area is 150 Å². The monoisotopic (exact) mass is 337 g/mol. The molecule has 2 N–H and O–H groups in total. The number of hydrogen-bond donors (Lipinski definition) is 2. The molecule has 132 valence electrons. The molecule has 0 atom stereocenters. The molecule has 0 aliphatic rings. The third-order valence-corrected chi connectivity index (χ3v) is 4.06. The Morgan fingerprint density at radius 1 is 1.12 bits per heavy atom. The van der Waals surface area contributed by atoms with Crippen LogP contribution in [0.5, 0.6) is 0 Å². The lowest BCUT2D eigenvalue weighted by Crippen LogP contribution is -2.16. The van der Waals surface area contributed by atoms with Gasteiger partial charge in [-0.2, -0.15) is 0 Å². The van der Waals surface area contributed by atoms with Crippen LogP contribution in [0.2, 0.25) is 0 Å². The summed E-state index contributed by atoms with van der Waals surface area (Å²) in [4.78, 5) is 17.0. The zero-order valence-electron chi connectivity index (χ0n) is 15.5. The fourth-order valence-electron chi connectivity index (χ4n) is 2.69. The van der Waals surface area contributed by atoms with E-state index in [1.807, 2.05) is 0 Å². The number of nitrogens with one attached hydrogen (secondary N) is 2. The van der Waals surface area contributed by atoms with E-state index in [1.54, 1.807) is 24.4 Å². The summed E-state index contributed by atoms with van der Waals surface area (Å²) in [6, 6.07) is 9.79. The summed E-state index contributed by atoms with van der Waals surface area (Å²) < 4.78 is 0. The first-order valence-electron chi connectivity index (χ1n) is 8.69. The maximum absolute atomic E-state index is 12.7. The number of rotatable bonds is 7. The summed E-state index contributed by atoms with van der Waals surface area (Å²) in [5.41, 5.74) is 3.76. The molecule has 4 heteroatoms. The maximum atomic E-state index is 12.7. The van der Waals surface area contributed by atoms with Crippen molar-refractivity contribution in [3.63, 3.8) is 0 Å². The van der Waals surface area contributed by atoms with E-state index in [0.29, 0.717) is 23.9 Å². The SMILES string of the molecule is C=CCNc1ccc(C(=O)Nc2c(C(C)C)cccc2C(C)C)cn1. The smallest absolute Gasteiger partial charge is 0.257 e. The van der Waals surface area contributed by atoms with Gasteiger partial charge in [0.25, 0.3) is 5.91 Å². The summed E-state index contributed by atoms with van der Waals surface area (Å²) in [5.74, 6) is 1.25. The summed E-state index contributed by atoms with van der Waals surface area (Å²) in [6.45, 7) is 12.8. The Morgan fingerprint density at radius 3 is 2.24 bits per heavy atom. The Kier molecular flexibility index (Phi) is 6.34. The minimum Gasteiger partial charge on any atom is -0.367 e. The van der Waals surface area contributed by atoms with Crippen LogP contribution in [-0.2, 0) is 0 Å². The zero-order chi connectivity index (χ0) is 18.4. The molecule has 1 heterocycles. The number of carbonyl (C=O) groups excluding carboxylic acids is 1. The molecule has 1 amide bonds. The van der Waals surface area contributed by atoms with Gasteiger partial charge in [-0.3, -0.25) is 4.79 Å². The van der Waals surface area contributed by atoms with Crippen molar-refractivity contribution >= 4 is 17.4 Å². The second kappa shape index (κ2) is 8.47. The minimum absolute atomic E-state index is 0.141. The molecule has 1 aromatic heterocycles. The van der Waals surface area contributed by atoms with E-state index in [1.165, 1.54) is 0 Å². The number of para-hydroxylation sites is 1. The molecule has 1 aromatic carbocycles. The number of nitrogens with zero attached hydrogens (tertiary/aromatic N) is 1. The average molecular weight is 337 g/mol. The van der Waals surface area contributed by atoms with Crippen LogP contribution in [0.15, 0.2) is 49.2 Å². The highest BCUT2D eigenvalue weighted by molar-refractivity contribution is 6.05. The van der Waals surface area contributed by atoms with Gasteiger partial charge in [-0.1, -0.05) is 52.0 Å². The molecule has 0 unspecified atom stereocenters. The largest absolute Gasteiger partial charge is 0.367 e. The van der Waals surface area contributed by atoms with E-state index in [9.17, 15) is 4.79 Å². The Hall–Kier alpha value is -2.62. The molecule has 0 saturated carbocycles. The van der Waals surface area contributed by atoms with Gasteiger partial charge in [0.2, 0.25) is 0 Å². The molecular weight excluding hydrogens is 310 g/mol. The Morgan fingerprint density at radius 2 is 1.76 bits per heavy atom. The molecule has 0 bridgehead atoms. The van der Waals surface area contributed by atoms with Crippen molar-refractivity contribution in [3.8, 4) is 0 Å². The fraction of sp³-hybridized carbons (Fsp3) is 0.333. The first-order valence-corrected chi connectivity index (χ1v) is 8.69. The number of hydrogen-bond acceptors (Lipinski definition) is 3. The highest BCUT2D eigenvalue weighted by Gasteiger charge is 2.16. The summed E-state index contributed by atoms with van der Waals surface area (Å²) in [6.07, 6.45) is 3.35. The van der Waals surface area contributed by atoms with Crippen LogP contribution >= 0.6 is 0 Å². The van der Waals surface area contributed by atoms with Crippen LogP contribution < -0.4 is 10.6 Å². The molecule has 0 aliphatic carbocycles. The molecule has 0 saturated heterocycles. The number of aromatic nitrogens is 1. The van der Waals surface area contributed by atoms with Crippen LogP contribution in [0.4, 0.5) is 11.5 Å². The standard InChI is InChI=1S/C21H27N3O/c1-6-12-22-19-11-10-16(13-23-19)21(25)24-20-17(14(2)3)8-7-9-18(20)15(4)5/h6-11,13-15H,1,12H2,2-5H3,(H,22,23)(H,24,25). The Bertz CT molecular complexity index is 707. The van der Waals surface area contributed by atoms with E-state index in [-0.39, 0.29) is 5.91 Å². The topological polar surface area (TPSA) is 54.0 Å². The van der Waals surface area contributed by atoms with Crippen molar-refractivity contribution in [2.24, 2.45) is 0 Å². The molecule has 0 aliphatic heterocycles. The van der Waals surface area contributed by atoms with Crippen LogP contribution in [0, 0.1) is 0 Å². The molecular formula is C21H27N3O. The van der Waals surface area contributed by atoms with Gasteiger partial charge in [0, 0.05) is 18.4 Å². The average Bonchev–Trinajstić information content (AvgIpc) is 2.60. The lowest BCUT2D eigenvalue weighted by Gasteiger charge is -2.20. The molecule has 0 spiro atoms. The quantitative estimate of drug-likeness (QED) is 0.685. The van der Waals surface area contributed by atoms with Crippen molar-refractivity contribution < 1.29 is 4.79 Å². The number of amides is 1. The summed E-state index contributed by atoms with van der Waals surface area (Å²) in [7, 11) is 0. The van der Waals surface area contributed by atoms with Crippen molar-refractivity contribution in [1.29, 1.82) is 0 Å². The second-order valence-corrected chi connectivity index (χ2v) is 6.68. The highest BCUT2D eigenvalue weighted by atomic mass is 16.1. The molecule has 2 aromatic rings. The molecule has 0 radical (unpaired) electrons. The highest BCUT2D eigenvalue weighted by Crippen LogP contribution is 2.32. The number of pyridine rings is 1. The van der Waals surface area contributed by atoms with Crippen LogP contribution in [-0.4, -0.2) is 17.4 Å². The van der Waals surface area contributed by atoms with Crippen LogP contribution in [0.3, 0.4) is 0 Å². The molecule has 4 nitrogen and oxygen atoms in total. The van der Waals surface area contributed by atoms with Gasteiger partial charge < -0.3 is 10.6 Å². The van der Waals surface area contributed by atoms with Gasteiger partial charge in [0.05, 0.1) is 5.56 Å². The Balaban J connectivity index is 2.26. The van der Waals surface area contributed by atoms with Gasteiger partial charge in [0.1, 0.15) is 5.82 Å². The zero-order valence-corrected chi connectivity index (χ0v) is 15.5. The summed E-state index contributed by atoms with van der Waals surface area (Å²) in [5, 5.41) is 6.20. The van der Waals surface area contributed by atoms with Crippen LogP contribution in [0.1, 0.15) is 61.0 Å². The van der Waals surface area contributed by atoms with E-state index in [2.05, 4.69) is 68.1 Å². The minimum atomic E-state index is -0.141. The number of anilines is 2. The van der Waals surface area contributed by atoms with Crippen LogP contribution in [0.25, 0.3) is 0 Å². The van der Waals surface area contributed by atoms with Gasteiger partial charge in [-0.05, 0) is 35.1 Å². The third-order valence-electron chi connectivity index (χ3n) is 4.06. The predicted octanol–water partition coefficient (Wildman–Crippen LogP) is 5.18. The predicted molar refractivity (Wildman–Crippen MR) is 105 cm³/mol. The second-order valence-electron chi connectivity index (χ2n) is 6.68. The molecule has 2 rings (SSSR count). The first-order chi connectivity index (χ1) is 11.9.